The van der Waals surface area contributed by atoms with Crippen molar-refractivity contribution in [1.29, 1.82) is 0 Å². The van der Waals surface area contributed by atoms with Crippen LogP contribution in [-0.2, 0) is 4.79 Å². The van der Waals surface area contributed by atoms with Crippen molar-refractivity contribution in [3.8, 4) is 0 Å². The number of rotatable bonds is 7. The number of likely N-dealkylation sites (N-methyl/N-ethyl adjacent to an activating group) is 1. The van der Waals surface area contributed by atoms with Gasteiger partial charge in [0.1, 0.15) is 12.1 Å². The molecule has 0 unspecified atom stereocenters. The van der Waals surface area contributed by atoms with Gasteiger partial charge in [-0.2, -0.15) is 0 Å². The van der Waals surface area contributed by atoms with Crippen LogP contribution in [0.2, 0.25) is 0 Å². The van der Waals surface area contributed by atoms with Crippen LogP contribution in [0.3, 0.4) is 0 Å². The summed E-state index contributed by atoms with van der Waals surface area (Å²) in [5.41, 5.74) is 1.15. The van der Waals surface area contributed by atoms with E-state index in [1.165, 1.54) is 12.8 Å². The van der Waals surface area contributed by atoms with Crippen LogP contribution in [0.25, 0.3) is 0 Å². The Morgan fingerprint density at radius 3 is 2.87 bits per heavy atom. The summed E-state index contributed by atoms with van der Waals surface area (Å²) in [7, 11) is 1.81. The summed E-state index contributed by atoms with van der Waals surface area (Å²) >= 11 is 0. The van der Waals surface area contributed by atoms with Crippen molar-refractivity contribution in [2.75, 3.05) is 32.0 Å². The first-order valence-corrected chi connectivity index (χ1v) is 8.72. The number of carbonyl (C=O) groups excluding carboxylic acids is 1. The molecule has 3 rings (SSSR count). The highest BCUT2D eigenvalue weighted by Crippen LogP contribution is 2.39. The fraction of sp³-hybridized carbons (Fsp3) is 0.706. The first-order valence-electron chi connectivity index (χ1n) is 8.72. The molecule has 1 aromatic rings. The standard InChI is InChI=1S/C17H27N5O/c1-3-4-13-9-22(17(23)8-18-2)10-15(13)21-16-7-14(12-5-6-12)19-11-20-16/h7,11-13,15,18H,3-6,8-10H2,1-2H3,(H,19,20,21)/t13-,15-/m0/s1. The van der Waals surface area contributed by atoms with E-state index in [1.807, 2.05) is 11.9 Å². The largest absolute Gasteiger partial charge is 0.365 e. The molecule has 2 aliphatic rings. The highest BCUT2D eigenvalue weighted by atomic mass is 16.2. The average Bonchev–Trinajstić information content (AvgIpc) is 3.32. The van der Waals surface area contributed by atoms with Crippen LogP contribution < -0.4 is 10.6 Å². The molecule has 1 aromatic heterocycles. The summed E-state index contributed by atoms with van der Waals surface area (Å²) in [4.78, 5) is 22.9. The molecule has 0 radical (unpaired) electrons. The van der Waals surface area contributed by atoms with E-state index in [4.69, 9.17) is 0 Å². The normalized spacial score (nSPS) is 24.0. The zero-order valence-electron chi connectivity index (χ0n) is 14.1. The molecule has 6 nitrogen and oxygen atoms in total. The van der Waals surface area contributed by atoms with Gasteiger partial charge in [-0.05, 0) is 32.2 Å². The Morgan fingerprint density at radius 2 is 2.17 bits per heavy atom. The summed E-state index contributed by atoms with van der Waals surface area (Å²) in [6.07, 6.45) is 6.40. The Kier molecular flexibility index (Phi) is 5.10. The van der Waals surface area contributed by atoms with E-state index < -0.39 is 0 Å². The number of likely N-dealkylation sites (tertiary alicyclic amines) is 1. The summed E-state index contributed by atoms with van der Waals surface area (Å²) < 4.78 is 0. The van der Waals surface area contributed by atoms with Gasteiger partial charge in [-0.3, -0.25) is 4.79 Å². The molecule has 2 heterocycles. The minimum atomic E-state index is 0.180. The maximum atomic E-state index is 12.2. The Labute approximate surface area is 138 Å². The Bertz CT molecular complexity index is 546. The lowest BCUT2D eigenvalue weighted by Crippen LogP contribution is -2.37. The van der Waals surface area contributed by atoms with Gasteiger partial charge >= 0.3 is 0 Å². The van der Waals surface area contributed by atoms with Crippen molar-refractivity contribution in [2.45, 2.75) is 44.6 Å². The zero-order chi connectivity index (χ0) is 16.2. The lowest BCUT2D eigenvalue weighted by atomic mass is 9.98. The second-order valence-corrected chi connectivity index (χ2v) is 6.73. The molecular weight excluding hydrogens is 290 g/mol. The number of carbonyl (C=O) groups is 1. The van der Waals surface area contributed by atoms with E-state index in [0.29, 0.717) is 18.4 Å². The van der Waals surface area contributed by atoms with E-state index in [2.05, 4.69) is 33.6 Å². The molecule has 2 atom stereocenters. The van der Waals surface area contributed by atoms with Crippen molar-refractivity contribution in [2.24, 2.45) is 5.92 Å². The van der Waals surface area contributed by atoms with Crippen molar-refractivity contribution in [3.63, 3.8) is 0 Å². The highest BCUT2D eigenvalue weighted by molar-refractivity contribution is 5.78. The quantitative estimate of drug-likeness (QED) is 0.799. The topological polar surface area (TPSA) is 70.2 Å². The fourth-order valence-corrected chi connectivity index (χ4v) is 3.41. The molecule has 1 amide bonds. The first-order chi connectivity index (χ1) is 11.2. The van der Waals surface area contributed by atoms with Crippen molar-refractivity contribution >= 4 is 11.7 Å². The molecule has 1 aliphatic heterocycles. The molecule has 6 heteroatoms. The molecule has 23 heavy (non-hydrogen) atoms. The molecule has 1 aliphatic carbocycles. The second-order valence-electron chi connectivity index (χ2n) is 6.73. The molecule has 0 spiro atoms. The van der Waals surface area contributed by atoms with Crippen LogP contribution in [-0.4, -0.2) is 53.5 Å². The molecule has 1 saturated carbocycles. The van der Waals surface area contributed by atoms with Crippen molar-refractivity contribution in [1.82, 2.24) is 20.2 Å². The first kappa shape index (κ1) is 16.2. The number of anilines is 1. The van der Waals surface area contributed by atoms with Crippen LogP contribution in [0.5, 0.6) is 0 Å². The monoisotopic (exact) mass is 317 g/mol. The van der Waals surface area contributed by atoms with E-state index in [0.717, 1.165) is 37.4 Å². The van der Waals surface area contributed by atoms with Crippen molar-refractivity contribution in [3.05, 3.63) is 18.1 Å². The number of aromatic nitrogens is 2. The zero-order valence-corrected chi connectivity index (χ0v) is 14.1. The Hall–Kier alpha value is -1.69. The highest BCUT2D eigenvalue weighted by Gasteiger charge is 2.34. The third kappa shape index (κ3) is 3.99. The predicted molar refractivity (Wildman–Crippen MR) is 90.3 cm³/mol. The van der Waals surface area contributed by atoms with Gasteiger partial charge in [0, 0.05) is 36.8 Å². The third-order valence-electron chi connectivity index (χ3n) is 4.80. The number of hydrogen-bond acceptors (Lipinski definition) is 5. The summed E-state index contributed by atoms with van der Waals surface area (Å²) in [5.74, 6) is 2.19. The Morgan fingerprint density at radius 1 is 1.35 bits per heavy atom. The van der Waals surface area contributed by atoms with Gasteiger partial charge in [-0.1, -0.05) is 13.3 Å². The third-order valence-corrected chi connectivity index (χ3v) is 4.80. The molecule has 0 aromatic carbocycles. The SMILES string of the molecule is CCC[C@H]1CN(C(=O)CNC)C[C@@H]1Nc1cc(C2CC2)ncn1. The van der Waals surface area contributed by atoms with Crippen molar-refractivity contribution < 1.29 is 4.79 Å². The van der Waals surface area contributed by atoms with Gasteiger partial charge in [0.25, 0.3) is 0 Å². The van der Waals surface area contributed by atoms with Crippen LogP contribution in [0, 0.1) is 5.92 Å². The molecular formula is C17H27N5O. The number of amides is 1. The molecule has 126 valence electrons. The Balaban J connectivity index is 1.66. The van der Waals surface area contributed by atoms with E-state index in [1.54, 1.807) is 6.33 Å². The molecule has 0 bridgehead atoms. The maximum Gasteiger partial charge on any atom is 0.236 e. The fourth-order valence-electron chi connectivity index (χ4n) is 3.41. The van der Waals surface area contributed by atoms with E-state index in [9.17, 15) is 4.79 Å². The summed E-state index contributed by atoms with van der Waals surface area (Å²) in [5, 5.41) is 6.51. The van der Waals surface area contributed by atoms with Gasteiger partial charge < -0.3 is 15.5 Å². The van der Waals surface area contributed by atoms with Gasteiger partial charge in [0.05, 0.1) is 6.54 Å². The van der Waals surface area contributed by atoms with Crippen LogP contribution in [0.15, 0.2) is 12.4 Å². The van der Waals surface area contributed by atoms with Gasteiger partial charge in [-0.25, -0.2) is 9.97 Å². The van der Waals surface area contributed by atoms with Crippen LogP contribution >= 0.6 is 0 Å². The van der Waals surface area contributed by atoms with Gasteiger partial charge in [-0.15, -0.1) is 0 Å². The van der Waals surface area contributed by atoms with E-state index in [-0.39, 0.29) is 11.9 Å². The van der Waals surface area contributed by atoms with Gasteiger partial charge in [0.2, 0.25) is 5.91 Å². The predicted octanol–water partition coefficient (Wildman–Crippen LogP) is 1.61. The minimum Gasteiger partial charge on any atom is -0.365 e. The average molecular weight is 317 g/mol. The smallest absolute Gasteiger partial charge is 0.236 e. The van der Waals surface area contributed by atoms with Crippen LogP contribution in [0.4, 0.5) is 5.82 Å². The van der Waals surface area contributed by atoms with E-state index >= 15 is 0 Å². The number of nitrogens with zero attached hydrogens (tertiary/aromatic N) is 3. The minimum absolute atomic E-state index is 0.180. The van der Waals surface area contributed by atoms with Gasteiger partial charge in [0.15, 0.2) is 0 Å². The molecule has 2 fully saturated rings. The second kappa shape index (κ2) is 7.25. The lowest BCUT2D eigenvalue weighted by Gasteiger charge is -2.19. The summed E-state index contributed by atoms with van der Waals surface area (Å²) in [6, 6.07) is 2.36. The maximum absolute atomic E-state index is 12.2. The molecule has 2 N–H and O–H groups in total. The summed E-state index contributed by atoms with van der Waals surface area (Å²) in [6.45, 7) is 4.20. The number of hydrogen-bond donors (Lipinski definition) is 2. The number of nitrogens with one attached hydrogen (secondary N) is 2. The lowest BCUT2D eigenvalue weighted by molar-refractivity contribution is -0.129. The molecule has 1 saturated heterocycles. The van der Waals surface area contributed by atoms with Crippen LogP contribution in [0.1, 0.15) is 44.2 Å².